The fraction of sp³-hybridized carbons (Fsp3) is 0.533. The zero-order valence-corrected chi connectivity index (χ0v) is 11.3. The van der Waals surface area contributed by atoms with Crippen LogP contribution in [0, 0.1) is 25.2 Å². The maximum atomic E-state index is 9.27. The normalized spacial score (nSPS) is 17.9. The van der Waals surface area contributed by atoms with E-state index in [0.717, 1.165) is 11.3 Å². The van der Waals surface area contributed by atoms with E-state index in [1.165, 1.54) is 18.4 Å². The molecule has 1 aliphatic carbocycles. The van der Waals surface area contributed by atoms with Crippen molar-refractivity contribution in [2.75, 3.05) is 6.61 Å². The summed E-state index contributed by atoms with van der Waals surface area (Å²) < 4.78 is 5.82. The molecule has 1 aromatic rings. The van der Waals surface area contributed by atoms with E-state index >= 15 is 0 Å². The topological polar surface area (TPSA) is 45.0 Å². The van der Waals surface area contributed by atoms with E-state index in [9.17, 15) is 5.26 Å². The molecule has 0 aromatic heterocycles. The van der Waals surface area contributed by atoms with Crippen molar-refractivity contribution in [1.29, 1.82) is 5.26 Å². The van der Waals surface area contributed by atoms with Gasteiger partial charge in [-0.25, -0.2) is 0 Å². The minimum absolute atomic E-state index is 0.379. The summed E-state index contributed by atoms with van der Waals surface area (Å²) in [4.78, 5) is 0. The summed E-state index contributed by atoms with van der Waals surface area (Å²) in [6.45, 7) is 6.34. The van der Waals surface area contributed by atoms with E-state index in [-0.39, 0.29) is 0 Å². The second-order valence-corrected chi connectivity index (χ2v) is 5.42. The smallest absolute Gasteiger partial charge is 0.138 e. The van der Waals surface area contributed by atoms with Crippen molar-refractivity contribution in [2.24, 2.45) is 0 Å². The SMILES string of the molecule is Cc1ccc(C)c(OCC(C)(C#N)NC2CC2)c1. The van der Waals surface area contributed by atoms with Crippen LogP contribution in [0.3, 0.4) is 0 Å². The summed E-state index contributed by atoms with van der Waals surface area (Å²) >= 11 is 0. The molecule has 3 heteroatoms. The van der Waals surface area contributed by atoms with Gasteiger partial charge in [0.25, 0.3) is 0 Å². The molecule has 0 aliphatic heterocycles. The number of nitriles is 1. The van der Waals surface area contributed by atoms with E-state index < -0.39 is 5.54 Å². The number of rotatable bonds is 5. The first-order chi connectivity index (χ1) is 8.52. The number of hydrogen-bond acceptors (Lipinski definition) is 3. The Morgan fingerprint density at radius 3 is 2.78 bits per heavy atom. The molecule has 96 valence electrons. The molecule has 1 aromatic carbocycles. The maximum Gasteiger partial charge on any atom is 0.138 e. The van der Waals surface area contributed by atoms with Gasteiger partial charge < -0.3 is 4.74 Å². The zero-order chi connectivity index (χ0) is 13.2. The second-order valence-electron chi connectivity index (χ2n) is 5.42. The lowest BCUT2D eigenvalue weighted by Crippen LogP contribution is -2.47. The van der Waals surface area contributed by atoms with Crippen LogP contribution in [0.2, 0.25) is 0 Å². The van der Waals surface area contributed by atoms with Crippen molar-refractivity contribution in [3.8, 4) is 11.8 Å². The second kappa shape index (κ2) is 4.99. The predicted molar refractivity (Wildman–Crippen MR) is 71.6 cm³/mol. The molecule has 1 aliphatic rings. The lowest BCUT2D eigenvalue weighted by atomic mass is 10.1. The number of aryl methyl sites for hydroxylation is 2. The number of ether oxygens (including phenoxy) is 1. The van der Waals surface area contributed by atoms with Crippen LogP contribution >= 0.6 is 0 Å². The van der Waals surface area contributed by atoms with E-state index in [1.54, 1.807) is 0 Å². The van der Waals surface area contributed by atoms with Crippen molar-refractivity contribution in [3.63, 3.8) is 0 Å². The minimum Gasteiger partial charge on any atom is -0.490 e. The molecular weight excluding hydrogens is 224 g/mol. The van der Waals surface area contributed by atoms with E-state index in [4.69, 9.17) is 4.74 Å². The molecule has 2 rings (SSSR count). The van der Waals surface area contributed by atoms with Gasteiger partial charge in [-0.1, -0.05) is 12.1 Å². The first-order valence-corrected chi connectivity index (χ1v) is 6.41. The number of hydrogen-bond donors (Lipinski definition) is 1. The molecule has 0 amide bonds. The highest BCUT2D eigenvalue weighted by Crippen LogP contribution is 2.24. The van der Waals surface area contributed by atoms with Gasteiger partial charge in [-0.3, -0.25) is 5.32 Å². The Balaban J connectivity index is 2.00. The monoisotopic (exact) mass is 244 g/mol. The van der Waals surface area contributed by atoms with Crippen LogP contribution in [0.15, 0.2) is 18.2 Å². The molecule has 1 saturated carbocycles. The molecule has 0 spiro atoms. The average Bonchev–Trinajstić information content (AvgIpc) is 3.14. The maximum absolute atomic E-state index is 9.27. The van der Waals surface area contributed by atoms with Gasteiger partial charge in [-0.2, -0.15) is 5.26 Å². The zero-order valence-electron chi connectivity index (χ0n) is 11.3. The Labute approximate surface area is 109 Å². The molecule has 0 bridgehead atoms. The molecule has 3 nitrogen and oxygen atoms in total. The number of benzene rings is 1. The Morgan fingerprint density at radius 1 is 1.44 bits per heavy atom. The number of nitrogens with zero attached hydrogens (tertiary/aromatic N) is 1. The van der Waals surface area contributed by atoms with Crippen molar-refractivity contribution < 1.29 is 4.74 Å². The fourth-order valence-electron chi connectivity index (χ4n) is 1.87. The average molecular weight is 244 g/mol. The van der Waals surface area contributed by atoms with Gasteiger partial charge in [0.1, 0.15) is 17.9 Å². The van der Waals surface area contributed by atoms with Crippen LogP contribution in [-0.4, -0.2) is 18.2 Å². The summed E-state index contributed by atoms with van der Waals surface area (Å²) in [5.74, 6) is 0.870. The third-order valence-electron chi connectivity index (χ3n) is 3.21. The summed E-state index contributed by atoms with van der Waals surface area (Å²) in [6.07, 6.45) is 2.33. The van der Waals surface area contributed by atoms with Crippen LogP contribution in [0.5, 0.6) is 5.75 Å². The number of nitrogens with one attached hydrogen (secondary N) is 1. The van der Waals surface area contributed by atoms with E-state index in [2.05, 4.69) is 17.5 Å². The predicted octanol–water partition coefficient (Wildman–Crippen LogP) is 2.72. The van der Waals surface area contributed by atoms with Crippen molar-refractivity contribution in [3.05, 3.63) is 29.3 Å². The van der Waals surface area contributed by atoms with Crippen molar-refractivity contribution in [1.82, 2.24) is 5.32 Å². The molecule has 1 atom stereocenters. The molecule has 1 N–H and O–H groups in total. The summed E-state index contributed by atoms with van der Waals surface area (Å²) in [7, 11) is 0. The fourth-order valence-corrected chi connectivity index (χ4v) is 1.87. The van der Waals surface area contributed by atoms with Gasteiger partial charge in [0, 0.05) is 6.04 Å². The van der Waals surface area contributed by atoms with Crippen LogP contribution in [0.25, 0.3) is 0 Å². The van der Waals surface area contributed by atoms with Gasteiger partial charge >= 0.3 is 0 Å². The summed E-state index contributed by atoms with van der Waals surface area (Å²) in [5.41, 5.74) is 1.67. The van der Waals surface area contributed by atoms with E-state index in [0.29, 0.717) is 12.6 Å². The summed E-state index contributed by atoms with van der Waals surface area (Å²) in [6, 6.07) is 8.94. The van der Waals surface area contributed by atoms with Crippen LogP contribution in [0.1, 0.15) is 30.9 Å². The van der Waals surface area contributed by atoms with Gasteiger partial charge in [-0.05, 0) is 50.8 Å². The molecule has 0 radical (unpaired) electrons. The molecule has 1 unspecified atom stereocenters. The highest BCUT2D eigenvalue weighted by atomic mass is 16.5. The Hall–Kier alpha value is -1.53. The third-order valence-corrected chi connectivity index (χ3v) is 3.21. The molecular formula is C15H20N2O. The van der Waals surface area contributed by atoms with E-state index in [1.807, 2.05) is 32.9 Å². The van der Waals surface area contributed by atoms with Crippen LogP contribution < -0.4 is 10.1 Å². The molecule has 1 fully saturated rings. The molecule has 0 heterocycles. The summed E-state index contributed by atoms with van der Waals surface area (Å²) in [5, 5.41) is 12.6. The van der Waals surface area contributed by atoms with Gasteiger partial charge in [-0.15, -0.1) is 0 Å². The largest absolute Gasteiger partial charge is 0.490 e. The Morgan fingerprint density at radius 2 is 2.17 bits per heavy atom. The van der Waals surface area contributed by atoms with Gasteiger partial charge in [0.05, 0.1) is 6.07 Å². The highest BCUT2D eigenvalue weighted by Gasteiger charge is 2.33. The van der Waals surface area contributed by atoms with Crippen LogP contribution in [-0.2, 0) is 0 Å². The standard InChI is InChI=1S/C15H20N2O/c1-11-4-5-12(2)14(8-11)18-10-15(3,9-16)17-13-6-7-13/h4-5,8,13,17H,6-7,10H2,1-3H3. The van der Waals surface area contributed by atoms with Gasteiger partial charge in [0.2, 0.25) is 0 Å². The Bertz CT molecular complexity index is 474. The molecule has 18 heavy (non-hydrogen) atoms. The van der Waals surface area contributed by atoms with Crippen molar-refractivity contribution >= 4 is 0 Å². The van der Waals surface area contributed by atoms with Crippen molar-refractivity contribution in [2.45, 2.75) is 45.2 Å². The third kappa shape index (κ3) is 3.24. The first kappa shape index (κ1) is 12.9. The quantitative estimate of drug-likeness (QED) is 0.866. The lowest BCUT2D eigenvalue weighted by molar-refractivity contribution is 0.231. The molecule has 0 saturated heterocycles. The first-order valence-electron chi connectivity index (χ1n) is 6.41. The van der Waals surface area contributed by atoms with Gasteiger partial charge in [0.15, 0.2) is 0 Å². The minimum atomic E-state index is -0.600. The highest BCUT2D eigenvalue weighted by molar-refractivity contribution is 5.36. The van der Waals surface area contributed by atoms with Crippen LogP contribution in [0.4, 0.5) is 0 Å². The lowest BCUT2D eigenvalue weighted by Gasteiger charge is -2.24. The Kier molecular flexibility index (Phi) is 3.58.